The molecule has 180 valence electrons. The Labute approximate surface area is 188 Å². The standard InChI is InChI=1S/C23H44N4O4/c1-5-24-22(25-16-19(15-18(3)4)26-23(28)29-6-2)27-12-10-20(11-13-27)31-17-21-9-7-8-14-30-21/h18-21H,5-17H2,1-4H3,(H,24,25)(H,26,28). The van der Waals surface area contributed by atoms with Gasteiger partial charge >= 0.3 is 6.09 Å². The molecule has 2 rings (SSSR count). The van der Waals surface area contributed by atoms with E-state index in [-0.39, 0.29) is 18.2 Å². The molecule has 2 N–H and O–H groups in total. The number of hydrogen-bond donors (Lipinski definition) is 2. The molecule has 0 aromatic heterocycles. The van der Waals surface area contributed by atoms with Gasteiger partial charge in [-0.05, 0) is 58.3 Å². The number of carbonyl (C=O) groups excluding carboxylic acids is 1. The second kappa shape index (κ2) is 14.5. The Morgan fingerprint density at radius 2 is 1.97 bits per heavy atom. The number of guanidine groups is 1. The van der Waals surface area contributed by atoms with E-state index in [4.69, 9.17) is 19.2 Å². The lowest BCUT2D eigenvalue weighted by atomic mass is 10.0. The van der Waals surface area contributed by atoms with E-state index in [0.29, 0.717) is 25.2 Å². The molecule has 0 spiro atoms. The molecule has 0 aromatic rings. The first-order valence-corrected chi connectivity index (χ1v) is 12.2. The number of likely N-dealkylation sites (tertiary alicyclic amines) is 1. The van der Waals surface area contributed by atoms with E-state index in [1.807, 2.05) is 6.92 Å². The molecular formula is C23H44N4O4. The van der Waals surface area contributed by atoms with Crippen LogP contribution >= 0.6 is 0 Å². The van der Waals surface area contributed by atoms with E-state index in [1.54, 1.807) is 0 Å². The van der Waals surface area contributed by atoms with Crippen molar-refractivity contribution < 1.29 is 19.0 Å². The fourth-order valence-corrected chi connectivity index (χ4v) is 4.13. The van der Waals surface area contributed by atoms with E-state index in [1.165, 1.54) is 12.8 Å². The predicted octanol–water partition coefficient (Wildman–Crippen LogP) is 3.16. The number of amides is 1. The minimum Gasteiger partial charge on any atom is -0.450 e. The second-order valence-corrected chi connectivity index (χ2v) is 8.89. The molecule has 8 nitrogen and oxygen atoms in total. The molecule has 0 aliphatic carbocycles. The summed E-state index contributed by atoms with van der Waals surface area (Å²) >= 11 is 0. The van der Waals surface area contributed by atoms with Gasteiger partial charge in [0.05, 0.1) is 38.0 Å². The van der Waals surface area contributed by atoms with Crippen molar-refractivity contribution in [3.05, 3.63) is 0 Å². The second-order valence-electron chi connectivity index (χ2n) is 8.89. The van der Waals surface area contributed by atoms with Crippen molar-refractivity contribution in [3.63, 3.8) is 0 Å². The van der Waals surface area contributed by atoms with Crippen LogP contribution in [0.15, 0.2) is 4.99 Å². The highest BCUT2D eigenvalue weighted by molar-refractivity contribution is 5.80. The summed E-state index contributed by atoms with van der Waals surface area (Å²) in [4.78, 5) is 19.0. The van der Waals surface area contributed by atoms with Crippen molar-refractivity contribution in [2.75, 3.05) is 46.0 Å². The molecule has 8 heteroatoms. The maximum absolute atomic E-state index is 11.9. The summed E-state index contributed by atoms with van der Waals surface area (Å²) < 4.78 is 17.0. The molecule has 2 saturated heterocycles. The maximum Gasteiger partial charge on any atom is 0.407 e. The topological polar surface area (TPSA) is 84.4 Å². The third-order valence-corrected chi connectivity index (χ3v) is 5.68. The summed E-state index contributed by atoms with van der Waals surface area (Å²) in [6, 6.07) is -0.0379. The molecule has 2 aliphatic heterocycles. The zero-order chi connectivity index (χ0) is 22.5. The van der Waals surface area contributed by atoms with Crippen LogP contribution in [0.25, 0.3) is 0 Å². The first-order chi connectivity index (χ1) is 15.0. The number of ether oxygens (including phenoxy) is 3. The molecular weight excluding hydrogens is 396 g/mol. The number of hydrogen-bond acceptors (Lipinski definition) is 5. The fourth-order valence-electron chi connectivity index (χ4n) is 4.13. The zero-order valence-electron chi connectivity index (χ0n) is 20.0. The average molecular weight is 441 g/mol. The summed E-state index contributed by atoms with van der Waals surface area (Å²) in [7, 11) is 0. The third-order valence-electron chi connectivity index (χ3n) is 5.68. The Kier molecular flexibility index (Phi) is 12.0. The van der Waals surface area contributed by atoms with Crippen molar-refractivity contribution in [3.8, 4) is 0 Å². The predicted molar refractivity (Wildman–Crippen MR) is 124 cm³/mol. The molecule has 2 fully saturated rings. The van der Waals surface area contributed by atoms with Crippen LogP contribution < -0.4 is 10.6 Å². The average Bonchev–Trinajstić information content (AvgIpc) is 2.76. The minimum absolute atomic E-state index is 0.0379. The highest BCUT2D eigenvalue weighted by Crippen LogP contribution is 2.18. The molecule has 0 saturated carbocycles. The van der Waals surface area contributed by atoms with Gasteiger partial charge in [-0.1, -0.05) is 13.8 Å². The molecule has 0 aromatic carbocycles. The van der Waals surface area contributed by atoms with E-state index >= 15 is 0 Å². The van der Waals surface area contributed by atoms with Gasteiger partial charge < -0.3 is 29.7 Å². The quantitative estimate of drug-likeness (QED) is 0.401. The van der Waals surface area contributed by atoms with E-state index in [9.17, 15) is 4.79 Å². The lowest BCUT2D eigenvalue weighted by molar-refractivity contribution is -0.0721. The number of rotatable bonds is 10. The summed E-state index contributed by atoms with van der Waals surface area (Å²) in [5.41, 5.74) is 0. The van der Waals surface area contributed by atoms with Gasteiger partial charge in [-0.3, -0.25) is 4.99 Å². The molecule has 31 heavy (non-hydrogen) atoms. The van der Waals surface area contributed by atoms with Crippen molar-refractivity contribution in [1.82, 2.24) is 15.5 Å². The summed E-state index contributed by atoms with van der Waals surface area (Å²) in [5, 5.41) is 6.37. The molecule has 2 aliphatic rings. The monoisotopic (exact) mass is 440 g/mol. The van der Waals surface area contributed by atoms with E-state index in [0.717, 1.165) is 64.5 Å². The van der Waals surface area contributed by atoms with Crippen LogP contribution in [0, 0.1) is 5.92 Å². The lowest BCUT2D eigenvalue weighted by Gasteiger charge is -2.35. The molecule has 1 amide bonds. The van der Waals surface area contributed by atoms with Crippen LogP contribution in [-0.4, -0.2) is 81.2 Å². The van der Waals surface area contributed by atoms with Gasteiger partial charge in [-0.2, -0.15) is 0 Å². The van der Waals surface area contributed by atoms with Crippen LogP contribution in [0.3, 0.4) is 0 Å². The number of piperidine rings is 1. The van der Waals surface area contributed by atoms with Crippen molar-refractivity contribution in [2.45, 2.75) is 84.5 Å². The first kappa shape index (κ1) is 25.7. The molecule has 0 radical (unpaired) electrons. The number of carbonyl (C=O) groups is 1. The van der Waals surface area contributed by atoms with Gasteiger partial charge in [-0.15, -0.1) is 0 Å². The van der Waals surface area contributed by atoms with Gasteiger partial charge in [0.15, 0.2) is 5.96 Å². The summed E-state index contributed by atoms with van der Waals surface area (Å²) in [5.74, 6) is 1.38. The largest absolute Gasteiger partial charge is 0.450 e. The molecule has 0 bridgehead atoms. The Hall–Kier alpha value is -1.54. The highest BCUT2D eigenvalue weighted by atomic mass is 16.5. The summed E-state index contributed by atoms with van der Waals surface area (Å²) in [6.07, 6.45) is 6.59. The SMILES string of the molecule is CCNC(=NCC(CC(C)C)NC(=O)OCC)N1CCC(OCC2CCCCO2)CC1. The lowest BCUT2D eigenvalue weighted by Crippen LogP contribution is -2.48. The van der Waals surface area contributed by atoms with Crippen molar-refractivity contribution >= 4 is 12.1 Å². The molecule has 2 heterocycles. The Morgan fingerprint density at radius 1 is 1.19 bits per heavy atom. The van der Waals surface area contributed by atoms with Crippen LogP contribution in [0.1, 0.15) is 66.2 Å². The van der Waals surface area contributed by atoms with Gasteiger partial charge in [0, 0.05) is 26.2 Å². The first-order valence-electron chi connectivity index (χ1n) is 12.2. The van der Waals surface area contributed by atoms with Gasteiger partial charge in [-0.25, -0.2) is 4.79 Å². The van der Waals surface area contributed by atoms with Crippen LogP contribution in [0.5, 0.6) is 0 Å². The van der Waals surface area contributed by atoms with Gasteiger partial charge in [0.2, 0.25) is 0 Å². The van der Waals surface area contributed by atoms with E-state index < -0.39 is 0 Å². The minimum atomic E-state index is -0.367. The van der Waals surface area contributed by atoms with Gasteiger partial charge in [0.25, 0.3) is 0 Å². The maximum atomic E-state index is 11.9. The smallest absolute Gasteiger partial charge is 0.407 e. The van der Waals surface area contributed by atoms with Crippen LogP contribution in [0.4, 0.5) is 4.79 Å². The molecule has 2 atom stereocenters. The van der Waals surface area contributed by atoms with Crippen molar-refractivity contribution in [2.24, 2.45) is 10.9 Å². The number of nitrogens with zero attached hydrogens (tertiary/aromatic N) is 2. The Balaban J connectivity index is 1.83. The number of alkyl carbamates (subject to hydrolysis) is 1. The van der Waals surface area contributed by atoms with Crippen LogP contribution in [0.2, 0.25) is 0 Å². The zero-order valence-corrected chi connectivity index (χ0v) is 20.0. The van der Waals surface area contributed by atoms with Crippen LogP contribution in [-0.2, 0) is 14.2 Å². The van der Waals surface area contributed by atoms with Gasteiger partial charge in [0.1, 0.15) is 0 Å². The van der Waals surface area contributed by atoms with Crippen molar-refractivity contribution in [1.29, 1.82) is 0 Å². The Morgan fingerprint density at radius 3 is 2.58 bits per heavy atom. The summed E-state index contributed by atoms with van der Waals surface area (Å²) in [6.45, 7) is 13.3. The molecule has 2 unspecified atom stereocenters. The number of nitrogens with one attached hydrogen (secondary N) is 2. The number of aliphatic imine (C=N–C) groups is 1. The third kappa shape index (κ3) is 10.1. The normalized spacial score (nSPS) is 21.8. The fraction of sp³-hybridized carbons (Fsp3) is 0.913. The van der Waals surface area contributed by atoms with E-state index in [2.05, 4.69) is 36.3 Å². The highest BCUT2D eigenvalue weighted by Gasteiger charge is 2.24. The Bertz CT molecular complexity index is 530.